The average molecular weight is 287 g/mol. The van der Waals surface area contributed by atoms with Crippen LogP contribution in [0.5, 0.6) is 0 Å². The van der Waals surface area contributed by atoms with E-state index < -0.39 is 0 Å². The smallest absolute Gasteiger partial charge is 0.115 e. The van der Waals surface area contributed by atoms with Crippen LogP contribution in [0.3, 0.4) is 0 Å². The minimum Gasteiger partial charge on any atom is -0.304 e. The second-order valence-electron chi connectivity index (χ2n) is 5.30. The fourth-order valence-electron chi connectivity index (χ4n) is 2.68. The molecule has 1 N–H and O–H groups in total. The standard InChI is InChI=1S/C16H21N3S/c1-2-9-18-15(12-6-5-10-17-11-12)16-19-13-7-3-4-8-14(13)20-16/h5-6,10-11,15,18H,2-4,7-9H2,1H3. The summed E-state index contributed by atoms with van der Waals surface area (Å²) in [7, 11) is 0. The second-order valence-corrected chi connectivity index (χ2v) is 6.42. The molecule has 0 spiro atoms. The van der Waals surface area contributed by atoms with Gasteiger partial charge in [-0.05, 0) is 50.3 Å². The maximum absolute atomic E-state index is 4.91. The number of rotatable bonds is 5. The maximum Gasteiger partial charge on any atom is 0.115 e. The molecule has 2 aromatic heterocycles. The van der Waals surface area contributed by atoms with Gasteiger partial charge in [0.1, 0.15) is 5.01 Å². The van der Waals surface area contributed by atoms with Gasteiger partial charge in [0.25, 0.3) is 0 Å². The van der Waals surface area contributed by atoms with Gasteiger partial charge in [-0.2, -0.15) is 0 Å². The molecular weight excluding hydrogens is 266 g/mol. The Balaban J connectivity index is 1.90. The summed E-state index contributed by atoms with van der Waals surface area (Å²) >= 11 is 1.89. The van der Waals surface area contributed by atoms with Crippen LogP contribution in [0.1, 0.15) is 53.4 Å². The van der Waals surface area contributed by atoms with Crippen LogP contribution in [0, 0.1) is 0 Å². The fraction of sp³-hybridized carbons (Fsp3) is 0.500. The lowest BCUT2D eigenvalue weighted by molar-refractivity contribution is 0.591. The fourth-order valence-corrected chi connectivity index (χ4v) is 3.94. The van der Waals surface area contributed by atoms with E-state index >= 15 is 0 Å². The van der Waals surface area contributed by atoms with Crippen molar-refractivity contribution in [3.63, 3.8) is 0 Å². The Morgan fingerprint density at radius 2 is 2.25 bits per heavy atom. The van der Waals surface area contributed by atoms with E-state index in [9.17, 15) is 0 Å². The topological polar surface area (TPSA) is 37.8 Å². The molecule has 20 heavy (non-hydrogen) atoms. The maximum atomic E-state index is 4.91. The molecule has 2 aromatic rings. The molecule has 0 aliphatic heterocycles. The molecule has 1 unspecified atom stereocenters. The number of aryl methyl sites for hydroxylation is 2. The first-order valence-electron chi connectivity index (χ1n) is 7.50. The molecule has 3 rings (SSSR count). The first kappa shape index (κ1) is 13.7. The van der Waals surface area contributed by atoms with Gasteiger partial charge in [-0.3, -0.25) is 4.98 Å². The van der Waals surface area contributed by atoms with E-state index in [0.29, 0.717) is 0 Å². The Morgan fingerprint density at radius 3 is 3.00 bits per heavy atom. The number of nitrogens with zero attached hydrogens (tertiary/aromatic N) is 2. The molecule has 0 aromatic carbocycles. The van der Waals surface area contributed by atoms with Gasteiger partial charge < -0.3 is 5.32 Å². The lowest BCUT2D eigenvalue weighted by Crippen LogP contribution is -2.23. The van der Waals surface area contributed by atoms with Gasteiger partial charge in [-0.25, -0.2) is 4.98 Å². The van der Waals surface area contributed by atoms with Crippen LogP contribution in [0.4, 0.5) is 0 Å². The van der Waals surface area contributed by atoms with Crippen molar-refractivity contribution in [2.75, 3.05) is 6.54 Å². The van der Waals surface area contributed by atoms with Gasteiger partial charge in [0.05, 0.1) is 11.7 Å². The van der Waals surface area contributed by atoms with E-state index in [1.54, 1.807) is 0 Å². The number of pyridine rings is 1. The molecule has 0 bridgehead atoms. The summed E-state index contributed by atoms with van der Waals surface area (Å²) in [6, 6.07) is 4.34. The van der Waals surface area contributed by atoms with Crippen molar-refractivity contribution in [2.24, 2.45) is 0 Å². The van der Waals surface area contributed by atoms with Crippen LogP contribution in [-0.4, -0.2) is 16.5 Å². The number of aromatic nitrogens is 2. The molecule has 0 fully saturated rings. The predicted molar refractivity (Wildman–Crippen MR) is 83.1 cm³/mol. The first-order chi connectivity index (χ1) is 9.88. The summed E-state index contributed by atoms with van der Waals surface area (Å²) in [5.74, 6) is 0. The Morgan fingerprint density at radius 1 is 1.35 bits per heavy atom. The highest BCUT2D eigenvalue weighted by atomic mass is 32.1. The van der Waals surface area contributed by atoms with Crippen LogP contribution in [0.2, 0.25) is 0 Å². The Kier molecular flexibility index (Phi) is 4.43. The SMILES string of the molecule is CCCNC(c1cccnc1)c1nc2c(s1)CCCC2. The van der Waals surface area contributed by atoms with Crippen molar-refractivity contribution in [3.8, 4) is 0 Å². The number of hydrogen-bond donors (Lipinski definition) is 1. The highest BCUT2D eigenvalue weighted by Crippen LogP contribution is 2.32. The van der Waals surface area contributed by atoms with Gasteiger partial charge in [0, 0.05) is 17.3 Å². The molecule has 1 atom stereocenters. The van der Waals surface area contributed by atoms with Crippen molar-refractivity contribution in [1.29, 1.82) is 0 Å². The quantitative estimate of drug-likeness (QED) is 0.914. The Labute approximate surface area is 124 Å². The molecule has 106 valence electrons. The summed E-state index contributed by atoms with van der Waals surface area (Å²) in [6.07, 6.45) is 9.87. The largest absolute Gasteiger partial charge is 0.304 e. The molecule has 0 saturated carbocycles. The Hall–Kier alpha value is -1.26. The minimum atomic E-state index is 0.194. The van der Waals surface area contributed by atoms with Crippen molar-refractivity contribution in [3.05, 3.63) is 45.7 Å². The molecule has 3 nitrogen and oxygen atoms in total. The van der Waals surface area contributed by atoms with Crippen molar-refractivity contribution >= 4 is 11.3 Å². The predicted octanol–water partition coefficient (Wildman–Crippen LogP) is 3.51. The molecule has 1 aliphatic rings. The summed E-state index contributed by atoms with van der Waals surface area (Å²) in [5.41, 5.74) is 2.55. The third-order valence-corrected chi connectivity index (χ3v) is 4.95. The molecule has 1 aliphatic carbocycles. The van der Waals surface area contributed by atoms with E-state index in [-0.39, 0.29) is 6.04 Å². The molecule has 2 heterocycles. The van der Waals surface area contributed by atoms with E-state index in [2.05, 4.69) is 23.3 Å². The summed E-state index contributed by atoms with van der Waals surface area (Å²) in [4.78, 5) is 10.7. The van der Waals surface area contributed by atoms with Gasteiger partial charge >= 0.3 is 0 Å². The lowest BCUT2D eigenvalue weighted by atomic mass is 10.0. The van der Waals surface area contributed by atoms with Gasteiger partial charge in [0.15, 0.2) is 0 Å². The van der Waals surface area contributed by atoms with Crippen LogP contribution < -0.4 is 5.32 Å². The third kappa shape index (κ3) is 2.91. The van der Waals surface area contributed by atoms with E-state index in [4.69, 9.17) is 4.98 Å². The van der Waals surface area contributed by atoms with Gasteiger partial charge in [-0.1, -0.05) is 13.0 Å². The second kappa shape index (κ2) is 6.46. The summed E-state index contributed by atoms with van der Waals surface area (Å²) < 4.78 is 0. The van der Waals surface area contributed by atoms with E-state index in [0.717, 1.165) is 19.4 Å². The first-order valence-corrected chi connectivity index (χ1v) is 8.32. The number of nitrogens with one attached hydrogen (secondary N) is 1. The number of thiazole rings is 1. The molecule has 0 amide bonds. The van der Waals surface area contributed by atoms with Crippen molar-refractivity contribution < 1.29 is 0 Å². The zero-order valence-corrected chi connectivity index (χ0v) is 12.7. The van der Waals surface area contributed by atoms with E-state index in [1.807, 2.05) is 29.8 Å². The van der Waals surface area contributed by atoms with Crippen LogP contribution in [0.15, 0.2) is 24.5 Å². The lowest BCUT2D eigenvalue weighted by Gasteiger charge is -2.16. The number of hydrogen-bond acceptors (Lipinski definition) is 4. The third-order valence-electron chi connectivity index (χ3n) is 3.73. The number of fused-ring (bicyclic) bond motifs is 1. The zero-order chi connectivity index (χ0) is 13.8. The molecule has 4 heteroatoms. The average Bonchev–Trinajstić information content (AvgIpc) is 2.92. The zero-order valence-electron chi connectivity index (χ0n) is 11.9. The van der Waals surface area contributed by atoms with E-state index in [1.165, 1.54) is 40.4 Å². The van der Waals surface area contributed by atoms with Crippen LogP contribution >= 0.6 is 11.3 Å². The molecule has 0 saturated heterocycles. The van der Waals surface area contributed by atoms with Crippen molar-refractivity contribution in [2.45, 2.75) is 45.1 Å². The van der Waals surface area contributed by atoms with Gasteiger partial charge in [0.2, 0.25) is 0 Å². The highest BCUT2D eigenvalue weighted by molar-refractivity contribution is 7.11. The van der Waals surface area contributed by atoms with Crippen LogP contribution in [0.25, 0.3) is 0 Å². The minimum absolute atomic E-state index is 0.194. The van der Waals surface area contributed by atoms with Crippen molar-refractivity contribution in [1.82, 2.24) is 15.3 Å². The highest BCUT2D eigenvalue weighted by Gasteiger charge is 2.21. The Bertz CT molecular complexity index is 527. The van der Waals surface area contributed by atoms with Crippen LogP contribution in [-0.2, 0) is 12.8 Å². The van der Waals surface area contributed by atoms with Gasteiger partial charge in [-0.15, -0.1) is 11.3 Å². The summed E-state index contributed by atoms with van der Waals surface area (Å²) in [5, 5.41) is 4.83. The molecular formula is C16H21N3S. The molecule has 0 radical (unpaired) electrons. The monoisotopic (exact) mass is 287 g/mol. The normalized spacial score (nSPS) is 15.8. The summed E-state index contributed by atoms with van der Waals surface area (Å²) in [6.45, 7) is 3.20.